The fourth-order valence-corrected chi connectivity index (χ4v) is 1.98. The van der Waals surface area contributed by atoms with Crippen molar-refractivity contribution in [2.24, 2.45) is 5.73 Å². The van der Waals surface area contributed by atoms with E-state index in [9.17, 15) is 4.79 Å². The van der Waals surface area contributed by atoms with Gasteiger partial charge in [-0.1, -0.05) is 43.6 Å². The van der Waals surface area contributed by atoms with E-state index in [2.05, 4.69) is 20.9 Å². The number of benzene rings is 1. The molecule has 0 aliphatic rings. The number of carbonyl (C=O) groups is 1. The van der Waals surface area contributed by atoms with Crippen LogP contribution in [0.4, 0.5) is 0 Å². The number of nitrogens with one attached hydrogen (secondary N) is 1. The standard InChI is InChI=1S/C11H11BrN2O.2C2H6/c12-8-2-3-10-9(5-8)7(6-14-10)1-4-11(13)15;2*1-2/h2-3,5-6,14H,1,4H2,(H2,13,15);2*1-2H3. The molecular weight excluding hydrogens is 304 g/mol. The molecule has 0 aliphatic heterocycles. The molecule has 106 valence electrons. The van der Waals surface area contributed by atoms with E-state index in [0.29, 0.717) is 12.8 Å². The lowest BCUT2D eigenvalue weighted by atomic mass is 10.1. The van der Waals surface area contributed by atoms with Crippen molar-refractivity contribution >= 4 is 32.7 Å². The Hall–Kier alpha value is -1.29. The third kappa shape index (κ3) is 5.47. The van der Waals surface area contributed by atoms with Crippen molar-refractivity contribution < 1.29 is 4.79 Å². The minimum absolute atomic E-state index is 0.264. The van der Waals surface area contributed by atoms with E-state index in [-0.39, 0.29) is 5.91 Å². The highest BCUT2D eigenvalue weighted by molar-refractivity contribution is 9.10. The van der Waals surface area contributed by atoms with Gasteiger partial charge in [0.1, 0.15) is 0 Å². The van der Waals surface area contributed by atoms with Gasteiger partial charge in [-0.05, 0) is 30.2 Å². The molecule has 1 aromatic heterocycles. The van der Waals surface area contributed by atoms with E-state index >= 15 is 0 Å². The third-order valence-electron chi connectivity index (χ3n) is 2.37. The first kappa shape index (κ1) is 17.7. The number of fused-ring (bicyclic) bond motifs is 1. The molecule has 0 spiro atoms. The van der Waals surface area contributed by atoms with Crippen LogP contribution in [0.15, 0.2) is 28.9 Å². The number of H-pyrrole nitrogens is 1. The number of hydrogen-bond acceptors (Lipinski definition) is 1. The first-order valence-electron chi connectivity index (χ1n) is 6.70. The number of halogens is 1. The molecule has 2 aromatic rings. The Morgan fingerprint density at radius 2 is 1.89 bits per heavy atom. The second-order valence-corrected chi connectivity index (χ2v) is 4.39. The number of hydrogen-bond donors (Lipinski definition) is 2. The van der Waals surface area contributed by atoms with Gasteiger partial charge in [0.05, 0.1) is 0 Å². The number of carbonyl (C=O) groups excluding carboxylic acids is 1. The molecule has 1 amide bonds. The molecule has 19 heavy (non-hydrogen) atoms. The van der Waals surface area contributed by atoms with Crippen LogP contribution >= 0.6 is 15.9 Å². The Balaban J connectivity index is 0.000000741. The molecule has 1 aromatic carbocycles. The molecule has 4 heteroatoms. The summed E-state index contributed by atoms with van der Waals surface area (Å²) >= 11 is 3.43. The number of aryl methyl sites for hydroxylation is 1. The summed E-state index contributed by atoms with van der Waals surface area (Å²) in [4.78, 5) is 13.9. The van der Waals surface area contributed by atoms with Crippen molar-refractivity contribution in [3.05, 3.63) is 34.4 Å². The highest BCUT2D eigenvalue weighted by Crippen LogP contribution is 2.23. The lowest BCUT2D eigenvalue weighted by Crippen LogP contribution is -2.10. The maximum Gasteiger partial charge on any atom is 0.217 e. The Morgan fingerprint density at radius 3 is 2.47 bits per heavy atom. The van der Waals surface area contributed by atoms with Crippen LogP contribution in [0.1, 0.15) is 39.7 Å². The number of amides is 1. The van der Waals surface area contributed by atoms with E-state index < -0.39 is 0 Å². The van der Waals surface area contributed by atoms with E-state index in [0.717, 1.165) is 20.9 Å². The van der Waals surface area contributed by atoms with Crippen LogP contribution in [-0.4, -0.2) is 10.9 Å². The highest BCUT2D eigenvalue weighted by Gasteiger charge is 2.05. The maximum atomic E-state index is 10.7. The molecule has 0 saturated heterocycles. The number of rotatable bonds is 3. The molecule has 1 heterocycles. The number of aromatic amines is 1. The zero-order chi connectivity index (χ0) is 14.8. The zero-order valence-electron chi connectivity index (χ0n) is 12.1. The molecule has 0 unspecified atom stereocenters. The molecule has 0 atom stereocenters. The fraction of sp³-hybridized carbons (Fsp3) is 0.400. The Labute approximate surface area is 123 Å². The van der Waals surface area contributed by atoms with Gasteiger partial charge in [-0.15, -0.1) is 0 Å². The summed E-state index contributed by atoms with van der Waals surface area (Å²) in [6.07, 6.45) is 3.01. The maximum absolute atomic E-state index is 10.7. The van der Waals surface area contributed by atoms with Crippen LogP contribution < -0.4 is 5.73 Å². The second-order valence-electron chi connectivity index (χ2n) is 3.47. The molecule has 2 rings (SSSR count). The summed E-state index contributed by atoms with van der Waals surface area (Å²) in [5, 5.41) is 1.14. The van der Waals surface area contributed by atoms with Crippen molar-refractivity contribution in [3.8, 4) is 0 Å². The largest absolute Gasteiger partial charge is 0.370 e. The van der Waals surface area contributed by atoms with Crippen LogP contribution in [0.3, 0.4) is 0 Å². The van der Waals surface area contributed by atoms with Crippen LogP contribution in [0, 0.1) is 0 Å². The van der Waals surface area contributed by atoms with Crippen molar-refractivity contribution in [1.82, 2.24) is 4.98 Å². The summed E-state index contributed by atoms with van der Waals surface area (Å²) < 4.78 is 1.04. The topological polar surface area (TPSA) is 58.9 Å². The summed E-state index contributed by atoms with van der Waals surface area (Å²) in [5.74, 6) is -0.264. The van der Waals surface area contributed by atoms with Crippen LogP contribution in [0.5, 0.6) is 0 Å². The quantitative estimate of drug-likeness (QED) is 0.862. The van der Waals surface area contributed by atoms with Gasteiger partial charge < -0.3 is 10.7 Å². The Kier molecular flexibility index (Phi) is 8.96. The lowest BCUT2D eigenvalue weighted by Gasteiger charge is -1.97. The van der Waals surface area contributed by atoms with Gasteiger partial charge in [0.2, 0.25) is 5.91 Å². The van der Waals surface area contributed by atoms with Gasteiger partial charge in [-0.3, -0.25) is 4.79 Å². The molecule has 0 bridgehead atoms. The first-order chi connectivity index (χ1) is 9.16. The first-order valence-corrected chi connectivity index (χ1v) is 7.50. The molecular formula is C15H23BrN2O. The lowest BCUT2D eigenvalue weighted by molar-refractivity contribution is -0.117. The molecule has 3 nitrogen and oxygen atoms in total. The van der Waals surface area contributed by atoms with Crippen molar-refractivity contribution in [3.63, 3.8) is 0 Å². The molecule has 0 aliphatic carbocycles. The minimum Gasteiger partial charge on any atom is -0.370 e. The third-order valence-corrected chi connectivity index (χ3v) is 2.86. The van der Waals surface area contributed by atoms with Crippen LogP contribution in [-0.2, 0) is 11.2 Å². The second kappa shape index (κ2) is 9.62. The van der Waals surface area contributed by atoms with E-state index in [1.807, 2.05) is 52.1 Å². The Morgan fingerprint density at radius 1 is 1.26 bits per heavy atom. The SMILES string of the molecule is CC.CC.NC(=O)CCc1c[nH]c2ccc(Br)cc12. The summed E-state index contributed by atoms with van der Waals surface area (Å²) in [7, 11) is 0. The van der Waals surface area contributed by atoms with Crippen molar-refractivity contribution in [1.29, 1.82) is 0 Å². The van der Waals surface area contributed by atoms with Gasteiger partial charge in [0.25, 0.3) is 0 Å². The Bertz CT molecular complexity index is 506. The van der Waals surface area contributed by atoms with Gasteiger partial charge in [0.15, 0.2) is 0 Å². The average molecular weight is 327 g/mol. The molecule has 0 saturated carbocycles. The fourth-order valence-electron chi connectivity index (χ4n) is 1.62. The monoisotopic (exact) mass is 326 g/mol. The number of nitrogens with two attached hydrogens (primary N) is 1. The van der Waals surface area contributed by atoms with Gasteiger partial charge in [0, 0.05) is 28.0 Å². The van der Waals surface area contributed by atoms with Crippen LogP contribution in [0.2, 0.25) is 0 Å². The number of primary amides is 1. The van der Waals surface area contributed by atoms with Crippen molar-refractivity contribution in [2.45, 2.75) is 40.5 Å². The highest BCUT2D eigenvalue weighted by atomic mass is 79.9. The minimum atomic E-state index is -0.264. The van der Waals surface area contributed by atoms with Crippen LogP contribution in [0.25, 0.3) is 10.9 Å². The van der Waals surface area contributed by atoms with E-state index in [1.165, 1.54) is 0 Å². The number of aromatic nitrogens is 1. The van der Waals surface area contributed by atoms with Gasteiger partial charge >= 0.3 is 0 Å². The molecule has 0 fully saturated rings. The summed E-state index contributed by atoms with van der Waals surface area (Å²) in [5.41, 5.74) is 7.34. The smallest absolute Gasteiger partial charge is 0.217 e. The average Bonchev–Trinajstić information content (AvgIpc) is 2.83. The van der Waals surface area contributed by atoms with Gasteiger partial charge in [-0.2, -0.15) is 0 Å². The predicted octanol–water partition coefficient (Wildman–Crippen LogP) is 4.40. The summed E-state index contributed by atoms with van der Waals surface area (Å²) in [6.45, 7) is 8.00. The zero-order valence-corrected chi connectivity index (χ0v) is 13.7. The van der Waals surface area contributed by atoms with Gasteiger partial charge in [-0.25, -0.2) is 0 Å². The van der Waals surface area contributed by atoms with E-state index in [4.69, 9.17) is 5.73 Å². The predicted molar refractivity (Wildman–Crippen MR) is 86.2 cm³/mol. The normalized spacial score (nSPS) is 9.11. The summed E-state index contributed by atoms with van der Waals surface area (Å²) in [6, 6.07) is 6.03. The van der Waals surface area contributed by atoms with E-state index in [1.54, 1.807) is 0 Å². The molecule has 0 radical (unpaired) electrons. The van der Waals surface area contributed by atoms with Crippen molar-refractivity contribution in [2.75, 3.05) is 0 Å². The molecule has 3 N–H and O–H groups in total.